The minimum Gasteiger partial charge on any atom is -0.496 e. The molecule has 1 aliphatic heterocycles. The van der Waals surface area contributed by atoms with E-state index in [-0.39, 0.29) is 11.8 Å². The van der Waals surface area contributed by atoms with Crippen LogP contribution in [0.15, 0.2) is 48.5 Å². The highest BCUT2D eigenvalue weighted by Gasteiger charge is 2.18. The van der Waals surface area contributed by atoms with Crippen LogP contribution in [0.25, 0.3) is 11.1 Å². The molecule has 0 aliphatic carbocycles. The van der Waals surface area contributed by atoms with Gasteiger partial charge in [-0.15, -0.1) is 0 Å². The number of hydrogen-bond acceptors (Lipinski definition) is 7. The fourth-order valence-corrected chi connectivity index (χ4v) is 4.76. The van der Waals surface area contributed by atoms with Crippen molar-refractivity contribution in [2.75, 3.05) is 64.8 Å². The van der Waals surface area contributed by atoms with Gasteiger partial charge in [-0.2, -0.15) is 0 Å². The maximum Gasteiger partial charge on any atom is 0.323 e. The number of urea groups is 1. The number of methoxy groups -OCH3 is 3. The van der Waals surface area contributed by atoms with Crippen LogP contribution in [0.3, 0.4) is 0 Å². The molecule has 0 atom stereocenters. The largest absolute Gasteiger partial charge is 0.496 e. The summed E-state index contributed by atoms with van der Waals surface area (Å²) in [6, 6.07) is 14.6. The Bertz CT molecular complexity index is 1370. The molecule has 4 rings (SSSR count). The Kier molecular flexibility index (Phi) is 9.63. The van der Waals surface area contributed by atoms with Gasteiger partial charge in [0, 0.05) is 42.6 Å². The number of anilines is 2. The average Bonchev–Trinajstić information content (AvgIpc) is 2.97. The first kappa shape index (κ1) is 28.9. The summed E-state index contributed by atoms with van der Waals surface area (Å²) in [5.74, 6) is 1.30. The second kappa shape index (κ2) is 13.3. The molecule has 3 aromatic rings. The zero-order valence-corrected chi connectivity index (χ0v) is 23.8. The summed E-state index contributed by atoms with van der Waals surface area (Å²) in [5.41, 5.74) is 5.29. The van der Waals surface area contributed by atoms with Crippen LogP contribution in [-0.2, 0) is 11.2 Å². The van der Waals surface area contributed by atoms with E-state index in [0.29, 0.717) is 34.1 Å². The molecular weight excluding hydrogens is 510 g/mol. The van der Waals surface area contributed by atoms with Crippen LogP contribution in [0.2, 0.25) is 0 Å². The lowest BCUT2D eigenvalue weighted by molar-refractivity contribution is 0.0384. The van der Waals surface area contributed by atoms with Crippen LogP contribution in [0.4, 0.5) is 16.2 Å². The Morgan fingerprint density at radius 3 is 2.33 bits per heavy atom. The first-order chi connectivity index (χ1) is 19.3. The van der Waals surface area contributed by atoms with Gasteiger partial charge in [-0.25, -0.2) is 4.79 Å². The quantitative estimate of drug-likeness (QED) is 0.328. The van der Waals surface area contributed by atoms with Gasteiger partial charge in [0.25, 0.3) is 0 Å². The zero-order chi connectivity index (χ0) is 28.6. The minimum atomic E-state index is -0.379. The lowest BCUT2D eigenvalue weighted by atomic mass is 9.99. The summed E-state index contributed by atoms with van der Waals surface area (Å²) in [4.78, 5) is 27.5. The average molecular weight is 548 g/mol. The van der Waals surface area contributed by atoms with Crippen molar-refractivity contribution >= 4 is 23.2 Å². The molecule has 0 saturated carbocycles. The van der Waals surface area contributed by atoms with E-state index in [2.05, 4.69) is 21.6 Å². The van der Waals surface area contributed by atoms with Gasteiger partial charge in [0.15, 0.2) is 17.3 Å². The second-order valence-electron chi connectivity index (χ2n) is 9.66. The first-order valence-electron chi connectivity index (χ1n) is 13.3. The number of carbonyl (C=O) groups is 2. The van der Waals surface area contributed by atoms with E-state index in [1.165, 1.54) is 21.1 Å². The van der Waals surface area contributed by atoms with Crippen LogP contribution in [0, 0.1) is 6.92 Å². The number of carbonyl (C=O) groups excluding carboxylic acids is 2. The standard InChI is InChI=1S/C31H37N3O6/c1-20-6-7-22(10-11-34-12-14-40-15-13-34)16-27(20)33-31(36)32-24-18-26(30(39-5)29(19-24)38-4)23-8-9-25(21(2)35)28(17-23)37-3/h6-9,16-19H,10-15H2,1-5H3,(H2,32,33,36). The van der Waals surface area contributed by atoms with Crippen molar-refractivity contribution in [2.24, 2.45) is 0 Å². The number of benzene rings is 3. The Morgan fingerprint density at radius 2 is 1.65 bits per heavy atom. The molecule has 1 aliphatic rings. The Labute approximate surface area is 235 Å². The number of nitrogens with one attached hydrogen (secondary N) is 2. The highest BCUT2D eigenvalue weighted by molar-refractivity contribution is 6.01. The molecule has 0 spiro atoms. The lowest BCUT2D eigenvalue weighted by Gasteiger charge is -2.26. The van der Waals surface area contributed by atoms with Crippen molar-refractivity contribution in [3.63, 3.8) is 0 Å². The minimum absolute atomic E-state index is 0.0968. The number of hydrogen-bond donors (Lipinski definition) is 2. The highest BCUT2D eigenvalue weighted by Crippen LogP contribution is 2.42. The Morgan fingerprint density at radius 1 is 0.900 bits per heavy atom. The SMILES string of the molecule is COc1cc(-c2cc(NC(=O)Nc3cc(CCN4CCOCC4)ccc3C)cc(OC)c2OC)ccc1C(C)=O. The number of Topliss-reactive ketones (excluding diaryl/α,β-unsaturated/α-hetero) is 1. The summed E-state index contributed by atoms with van der Waals surface area (Å²) in [6.07, 6.45) is 0.890. The Hall–Kier alpha value is -4.08. The monoisotopic (exact) mass is 547 g/mol. The topological polar surface area (TPSA) is 98.4 Å². The normalized spacial score (nSPS) is 13.4. The molecule has 0 radical (unpaired) electrons. The van der Waals surface area contributed by atoms with Gasteiger partial charge in [-0.1, -0.05) is 18.2 Å². The van der Waals surface area contributed by atoms with Crippen molar-refractivity contribution in [1.82, 2.24) is 4.90 Å². The summed E-state index contributed by atoms with van der Waals surface area (Å²) >= 11 is 0. The van der Waals surface area contributed by atoms with Crippen molar-refractivity contribution < 1.29 is 28.5 Å². The van der Waals surface area contributed by atoms with E-state index < -0.39 is 0 Å². The predicted octanol–water partition coefficient (Wildman–Crippen LogP) is 5.41. The third-order valence-corrected chi connectivity index (χ3v) is 7.00. The third-order valence-electron chi connectivity index (χ3n) is 7.00. The van der Waals surface area contributed by atoms with Crippen LogP contribution in [-0.4, -0.2) is 70.9 Å². The van der Waals surface area contributed by atoms with Gasteiger partial charge < -0.3 is 29.6 Å². The maximum absolute atomic E-state index is 13.1. The molecule has 3 aromatic carbocycles. The number of ketones is 1. The van der Waals surface area contributed by atoms with E-state index in [1.54, 1.807) is 31.4 Å². The van der Waals surface area contributed by atoms with Crippen molar-refractivity contribution in [2.45, 2.75) is 20.3 Å². The summed E-state index contributed by atoms with van der Waals surface area (Å²) in [5, 5.41) is 5.91. The van der Waals surface area contributed by atoms with Crippen molar-refractivity contribution in [3.05, 3.63) is 65.2 Å². The van der Waals surface area contributed by atoms with Crippen LogP contribution >= 0.6 is 0 Å². The van der Waals surface area contributed by atoms with E-state index in [9.17, 15) is 9.59 Å². The summed E-state index contributed by atoms with van der Waals surface area (Å²) in [6.45, 7) is 7.84. The lowest BCUT2D eigenvalue weighted by Crippen LogP contribution is -2.37. The number of nitrogens with zero attached hydrogens (tertiary/aromatic N) is 1. The summed E-state index contributed by atoms with van der Waals surface area (Å²) in [7, 11) is 4.61. The smallest absolute Gasteiger partial charge is 0.323 e. The van der Waals surface area contributed by atoms with Gasteiger partial charge in [0.2, 0.25) is 0 Å². The number of amides is 2. The summed E-state index contributed by atoms with van der Waals surface area (Å²) < 4.78 is 22.1. The molecule has 1 saturated heterocycles. The molecule has 1 heterocycles. The number of aryl methyl sites for hydroxylation is 1. The first-order valence-corrected chi connectivity index (χ1v) is 13.3. The van der Waals surface area contributed by atoms with E-state index in [4.69, 9.17) is 18.9 Å². The van der Waals surface area contributed by atoms with Crippen LogP contribution in [0.5, 0.6) is 17.2 Å². The van der Waals surface area contributed by atoms with E-state index in [0.717, 1.165) is 61.6 Å². The highest BCUT2D eigenvalue weighted by atomic mass is 16.5. The fraction of sp³-hybridized carbons (Fsp3) is 0.355. The molecule has 9 nitrogen and oxygen atoms in total. The number of morpholine rings is 1. The number of rotatable bonds is 10. The Balaban J connectivity index is 1.54. The molecule has 0 aromatic heterocycles. The van der Waals surface area contributed by atoms with Gasteiger partial charge in [0.05, 0.1) is 40.1 Å². The van der Waals surface area contributed by atoms with Gasteiger partial charge in [-0.3, -0.25) is 9.69 Å². The number of ether oxygens (including phenoxy) is 4. The van der Waals surface area contributed by atoms with E-state index in [1.807, 2.05) is 25.1 Å². The zero-order valence-electron chi connectivity index (χ0n) is 23.8. The van der Waals surface area contributed by atoms with E-state index >= 15 is 0 Å². The fourth-order valence-electron chi connectivity index (χ4n) is 4.76. The molecule has 9 heteroatoms. The van der Waals surface area contributed by atoms with Crippen molar-refractivity contribution in [1.29, 1.82) is 0 Å². The molecular formula is C31H37N3O6. The molecule has 2 N–H and O–H groups in total. The molecule has 40 heavy (non-hydrogen) atoms. The molecule has 0 unspecified atom stereocenters. The van der Waals surface area contributed by atoms with Crippen LogP contribution < -0.4 is 24.8 Å². The van der Waals surface area contributed by atoms with Crippen LogP contribution in [0.1, 0.15) is 28.4 Å². The maximum atomic E-state index is 13.1. The molecule has 1 fully saturated rings. The predicted molar refractivity (Wildman–Crippen MR) is 156 cm³/mol. The molecule has 0 bridgehead atoms. The molecule has 212 valence electrons. The van der Waals surface area contributed by atoms with Gasteiger partial charge in [-0.05, 0) is 61.2 Å². The van der Waals surface area contributed by atoms with Gasteiger partial charge in [0.1, 0.15) is 5.75 Å². The second-order valence-corrected chi connectivity index (χ2v) is 9.66. The molecule has 2 amide bonds. The van der Waals surface area contributed by atoms with Crippen molar-refractivity contribution in [3.8, 4) is 28.4 Å². The van der Waals surface area contributed by atoms with Gasteiger partial charge >= 0.3 is 6.03 Å². The third kappa shape index (κ3) is 6.91.